The molecule has 94 valence electrons. The Kier molecular flexibility index (Phi) is 3.66. The highest BCUT2D eigenvalue weighted by Gasteiger charge is 2.16. The SMILES string of the molecule is Cn1cc(C(=O)O)c(OCc2ccccc2Br)n1. The Morgan fingerprint density at radius 1 is 1.50 bits per heavy atom. The monoisotopic (exact) mass is 310 g/mol. The summed E-state index contributed by atoms with van der Waals surface area (Å²) < 4.78 is 7.77. The van der Waals surface area contributed by atoms with Gasteiger partial charge in [-0.15, -0.1) is 5.10 Å². The van der Waals surface area contributed by atoms with Crippen molar-refractivity contribution in [2.45, 2.75) is 6.61 Å². The van der Waals surface area contributed by atoms with E-state index in [4.69, 9.17) is 9.84 Å². The first-order valence-corrected chi connectivity index (χ1v) is 6.00. The molecule has 1 heterocycles. The number of carbonyl (C=O) groups is 1. The summed E-state index contributed by atoms with van der Waals surface area (Å²) in [5.41, 5.74) is 0.990. The van der Waals surface area contributed by atoms with Crippen LogP contribution in [0.5, 0.6) is 5.88 Å². The van der Waals surface area contributed by atoms with Crippen molar-refractivity contribution in [1.82, 2.24) is 9.78 Å². The van der Waals surface area contributed by atoms with E-state index in [0.717, 1.165) is 10.0 Å². The van der Waals surface area contributed by atoms with Crippen LogP contribution < -0.4 is 4.74 Å². The summed E-state index contributed by atoms with van der Waals surface area (Å²) in [6, 6.07) is 7.58. The minimum Gasteiger partial charge on any atom is -0.477 e. The molecule has 18 heavy (non-hydrogen) atoms. The number of hydrogen-bond acceptors (Lipinski definition) is 3. The van der Waals surface area contributed by atoms with Gasteiger partial charge in [-0.05, 0) is 6.07 Å². The van der Waals surface area contributed by atoms with Crippen LogP contribution in [0.3, 0.4) is 0 Å². The van der Waals surface area contributed by atoms with E-state index in [1.165, 1.54) is 10.9 Å². The lowest BCUT2D eigenvalue weighted by molar-refractivity contribution is 0.0691. The molecule has 0 saturated carbocycles. The average Bonchev–Trinajstić information content (AvgIpc) is 2.70. The molecule has 0 bridgehead atoms. The topological polar surface area (TPSA) is 64.4 Å². The first kappa shape index (κ1) is 12.6. The van der Waals surface area contributed by atoms with Crippen LogP contribution in [-0.2, 0) is 13.7 Å². The summed E-state index contributed by atoms with van der Waals surface area (Å²) in [7, 11) is 1.65. The standard InChI is InChI=1S/C12H11BrN2O3/c1-15-6-9(12(16)17)11(14-15)18-7-8-4-2-3-5-10(8)13/h2-6H,7H2,1H3,(H,16,17). The van der Waals surface area contributed by atoms with E-state index in [9.17, 15) is 4.79 Å². The number of aromatic nitrogens is 2. The zero-order chi connectivity index (χ0) is 13.1. The van der Waals surface area contributed by atoms with Crippen LogP contribution in [0.25, 0.3) is 0 Å². The highest BCUT2D eigenvalue weighted by molar-refractivity contribution is 9.10. The average molecular weight is 311 g/mol. The minimum absolute atomic E-state index is 0.0598. The Balaban J connectivity index is 2.16. The zero-order valence-corrected chi connectivity index (χ0v) is 11.2. The highest BCUT2D eigenvalue weighted by atomic mass is 79.9. The number of hydrogen-bond donors (Lipinski definition) is 1. The van der Waals surface area contributed by atoms with Gasteiger partial charge in [-0.2, -0.15) is 0 Å². The van der Waals surface area contributed by atoms with Gasteiger partial charge in [-0.1, -0.05) is 34.1 Å². The molecule has 0 saturated heterocycles. The Bertz CT molecular complexity index is 580. The second kappa shape index (κ2) is 5.22. The third-order valence-electron chi connectivity index (χ3n) is 2.35. The minimum atomic E-state index is -1.05. The van der Waals surface area contributed by atoms with E-state index in [2.05, 4.69) is 21.0 Å². The summed E-state index contributed by atoms with van der Waals surface area (Å²) in [6.07, 6.45) is 1.41. The molecule has 0 aliphatic carbocycles. The van der Waals surface area contributed by atoms with Crippen molar-refractivity contribution in [3.05, 3.63) is 46.1 Å². The van der Waals surface area contributed by atoms with Gasteiger partial charge in [0, 0.05) is 23.3 Å². The largest absolute Gasteiger partial charge is 0.477 e. The van der Waals surface area contributed by atoms with Crippen molar-refractivity contribution in [3.8, 4) is 5.88 Å². The molecule has 1 aromatic heterocycles. The van der Waals surface area contributed by atoms with Gasteiger partial charge >= 0.3 is 5.97 Å². The van der Waals surface area contributed by atoms with Crippen LogP contribution in [0.1, 0.15) is 15.9 Å². The molecule has 0 aliphatic rings. The molecule has 6 heteroatoms. The number of ether oxygens (including phenoxy) is 1. The fraction of sp³-hybridized carbons (Fsp3) is 0.167. The Hall–Kier alpha value is -1.82. The summed E-state index contributed by atoms with van der Waals surface area (Å²) in [5.74, 6) is -0.925. The molecule has 0 radical (unpaired) electrons. The molecular formula is C12H11BrN2O3. The fourth-order valence-electron chi connectivity index (χ4n) is 1.48. The van der Waals surface area contributed by atoms with Gasteiger partial charge < -0.3 is 9.84 Å². The van der Waals surface area contributed by atoms with Crippen LogP contribution in [0.15, 0.2) is 34.9 Å². The molecule has 0 unspecified atom stereocenters. The second-order valence-corrected chi connectivity index (χ2v) is 4.56. The number of nitrogens with zero attached hydrogens (tertiary/aromatic N) is 2. The maximum atomic E-state index is 11.0. The van der Waals surface area contributed by atoms with Crippen molar-refractivity contribution in [1.29, 1.82) is 0 Å². The van der Waals surface area contributed by atoms with E-state index < -0.39 is 5.97 Å². The fourth-order valence-corrected chi connectivity index (χ4v) is 1.88. The Labute approximate surface area is 112 Å². The van der Waals surface area contributed by atoms with Crippen molar-refractivity contribution >= 4 is 21.9 Å². The van der Waals surface area contributed by atoms with Crippen molar-refractivity contribution < 1.29 is 14.6 Å². The molecule has 1 aromatic carbocycles. The molecule has 1 N–H and O–H groups in total. The van der Waals surface area contributed by atoms with E-state index in [1.807, 2.05) is 24.3 Å². The first-order chi connectivity index (χ1) is 8.58. The van der Waals surface area contributed by atoms with Gasteiger partial charge in [0.1, 0.15) is 12.2 Å². The molecule has 2 rings (SSSR count). The smallest absolute Gasteiger partial charge is 0.342 e. The number of aryl methyl sites for hydroxylation is 1. The Morgan fingerprint density at radius 2 is 2.22 bits per heavy atom. The number of carboxylic acids is 1. The van der Waals surface area contributed by atoms with Gasteiger partial charge in [0.05, 0.1) is 0 Å². The number of benzene rings is 1. The lowest BCUT2D eigenvalue weighted by atomic mass is 10.2. The van der Waals surface area contributed by atoms with Crippen LogP contribution in [0.4, 0.5) is 0 Å². The Morgan fingerprint density at radius 3 is 2.89 bits per heavy atom. The highest BCUT2D eigenvalue weighted by Crippen LogP contribution is 2.20. The number of halogens is 1. The number of rotatable bonds is 4. The van der Waals surface area contributed by atoms with Gasteiger partial charge in [0.2, 0.25) is 5.88 Å². The van der Waals surface area contributed by atoms with Crippen LogP contribution >= 0.6 is 15.9 Å². The molecular weight excluding hydrogens is 300 g/mol. The van der Waals surface area contributed by atoms with E-state index in [-0.39, 0.29) is 18.1 Å². The van der Waals surface area contributed by atoms with Crippen molar-refractivity contribution in [2.24, 2.45) is 7.05 Å². The lowest BCUT2D eigenvalue weighted by Crippen LogP contribution is -2.02. The van der Waals surface area contributed by atoms with E-state index in [1.54, 1.807) is 7.05 Å². The molecule has 0 aliphatic heterocycles. The second-order valence-electron chi connectivity index (χ2n) is 3.71. The third-order valence-corrected chi connectivity index (χ3v) is 3.12. The number of aromatic carboxylic acids is 1. The predicted molar refractivity (Wildman–Crippen MR) is 68.6 cm³/mol. The van der Waals surface area contributed by atoms with Gasteiger partial charge in [-0.25, -0.2) is 4.79 Å². The van der Waals surface area contributed by atoms with Gasteiger partial charge in [0.15, 0.2) is 0 Å². The lowest BCUT2D eigenvalue weighted by Gasteiger charge is -2.05. The zero-order valence-electron chi connectivity index (χ0n) is 9.63. The van der Waals surface area contributed by atoms with Crippen molar-refractivity contribution in [3.63, 3.8) is 0 Å². The van der Waals surface area contributed by atoms with E-state index in [0.29, 0.717) is 0 Å². The molecule has 0 fully saturated rings. The van der Waals surface area contributed by atoms with Crippen molar-refractivity contribution in [2.75, 3.05) is 0 Å². The first-order valence-electron chi connectivity index (χ1n) is 5.21. The molecule has 2 aromatic rings. The molecule has 5 nitrogen and oxygen atoms in total. The number of carboxylic acid groups (broad SMARTS) is 1. The van der Waals surface area contributed by atoms with Crippen LogP contribution in [-0.4, -0.2) is 20.9 Å². The quantitative estimate of drug-likeness (QED) is 0.942. The van der Waals surface area contributed by atoms with Gasteiger partial charge in [-0.3, -0.25) is 4.68 Å². The van der Waals surface area contributed by atoms with Crippen LogP contribution in [0, 0.1) is 0 Å². The van der Waals surface area contributed by atoms with Gasteiger partial charge in [0.25, 0.3) is 0 Å². The summed E-state index contributed by atoms with van der Waals surface area (Å²) in [4.78, 5) is 11.0. The summed E-state index contributed by atoms with van der Waals surface area (Å²) in [5, 5.41) is 13.0. The molecule has 0 spiro atoms. The maximum Gasteiger partial charge on any atom is 0.342 e. The third kappa shape index (κ3) is 2.70. The predicted octanol–water partition coefficient (Wildman–Crippen LogP) is 2.46. The summed E-state index contributed by atoms with van der Waals surface area (Å²) >= 11 is 3.40. The molecule has 0 atom stereocenters. The normalized spacial score (nSPS) is 10.3. The summed E-state index contributed by atoms with van der Waals surface area (Å²) in [6.45, 7) is 0.263. The van der Waals surface area contributed by atoms with Crippen LogP contribution in [0.2, 0.25) is 0 Å². The maximum absolute atomic E-state index is 11.0. The molecule has 0 amide bonds. The van der Waals surface area contributed by atoms with E-state index >= 15 is 0 Å².